The lowest BCUT2D eigenvalue weighted by Gasteiger charge is -2.38. The van der Waals surface area contributed by atoms with E-state index in [0.29, 0.717) is 18.9 Å². The molecule has 0 aromatic heterocycles. The van der Waals surface area contributed by atoms with E-state index in [1.807, 2.05) is 37.3 Å². The summed E-state index contributed by atoms with van der Waals surface area (Å²) in [5.41, 5.74) is 1.09. The Bertz CT molecular complexity index is 510. The Balaban J connectivity index is 1.79. The van der Waals surface area contributed by atoms with Crippen LogP contribution < -0.4 is 5.32 Å². The molecule has 20 heavy (non-hydrogen) atoms. The quantitative estimate of drug-likeness (QED) is 0.899. The maximum Gasteiger partial charge on any atom is 0.246 e. The fraction of sp³-hybridized carbons (Fsp3) is 0.500. The number of rotatable bonds is 4. The molecule has 106 valence electrons. The van der Waals surface area contributed by atoms with E-state index in [-0.39, 0.29) is 23.9 Å². The molecule has 4 nitrogen and oxygen atoms in total. The van der Waals surface area contributed by atoms with Crippen molar-refractivity contribution in [3.8, 4) is 0 Å². The topological polar surface area (TPSA) is 49.4 Å². The minimum atomic E-state index is -0.370. The Kier molecular flexibility index (Phi) is 3.47. The Morgan fingerprint density at radius 1 is 1.20 bits per heavy atom. The molecule has 0 radical (unpaired) electrons. The molecule has 2 amide bonds. The Labute approximate surface area is 119 Å². The maximum absolute atomic E-state index is 12.5. The van der Waals surface area contributed by atoms with Crippen LogP contribution in [0.25, 0.3) is 0 Å². The van der Waals surface area contributed by atoms with Gasteiger partial charge in [-0.15, -0.1) is 0 Å². The van der Waals surface area contributed by atoms with Crippen molar-refractivity contribution in [2.75, 3.05) is 6.54 Å². The van der Waals surface area contributed by atoms with Crippen molar-refractivity contribution in [2.45, 2.75) is 38.3 Å². The van der Waals surface area contributed by atoms with Crippen molar-refractivity contribution in [3.05, 3.63) is 35.9 Å². The molecule has 3 rings (SSSR count). The summed E-state index contributed by atoms with van der Waals surface area (Å²) in [5, 5.41) is 2.93. The zero-order chi connectivity index (χ0) is 14.1. The first-order valence-corrected chi connectivity index (χ1v) is 7.35. The number of hydrogen-bond donors (Lipinski definition) is 1. The monoisotopic (exact) mass is 272 g/mol. The van der Waals surface area contributed by atoms with Gasteiger partial charge < -0.3 is 10.2 Å². The molecule has 0 bridgehead atoms. The van der Waals surface area contributed by atoms with E-state index in [4.69, 9.17) is 0 Å². The van der Waals surface area contributed by atoms with E-state index in [1.54, 1.807) is 4.90 Å². The Morgan fingerprint density at radius 3 is 2.50 bits per heavy atom. The van der Waals surface area contributed by atoms with Crippen LogP contribution in [0, 0.1) is 5.92 Å². The lowest BCUT2D eigenvalue weighted by atomic mass is 9.98. The molecule has 2 aliphatic rings. The Hall–Kier alpha value is -1.84. The first kappa shape index (κ1) is 13.2. The molecule has 2 unspecified atom stereocenters. The van der Waals surface area contributed by atoms with Crippen LogP contribution in [-0.2, 0) is 16.0 Å². The van der Waals surface area contributed by atoms with Gasteiger partial charge in [0.15, 0.2) is 0 Å². The Morgan fingerprint density at radius 2 is 1.90 bits per heavy atom. The van der Waals surface area contributed by atoms with Gasteiger partial charge in [-0.1, -0.05) is 30.3 Å². The van der Waals surface area contributed by atoms with Gasteiger partial charge in [-0.25, -0.2) is 0 Å². The number of carbonyl (C=O) groups excluding carboxylic acids is 2. The third-order valence-electron chi connectivity index (χ3n) is 4.23. The number of carbonyl (C=O) groups is 2. The maximum atomic E-state index is 12.5. The highest BCUT2D eigenvalue weighted by Gasteiger charge is 2.46. The largest absolute Gasteiger partial charge is 0.342 e. The molecule has 1 aliphatic carbocycles. The van der Waals surface area contributed by atoms with Crippen molar-refractivity contribution >= 4 is 11.8 Å². The average Bonchev–Trinajstić information content (AvgIpc) is 3.28. The van der Waals surface area contributed by atoms with Crippen molar-refractivity contribution in [1.29, 1.82) is 0 Å². The average molecular weight is 272 g/mol. The summed E-state index contributed by atoms with van der Waals surface area (Å²) in [7, 11) is 0. The molecule has 1 heterocycles. The highest BCUT2D eigenvalue weighted by Crippen LogP contribution is 2.35. The van der Waals surface area contributed by atoms with E-state index < -0.39 is 0 Å². The molecular weight excluding hydrogens is 252 g/mol. The highest BCUT2D eigenvalue weighted by atomic mass is 16.2. The molecule has 2 fully saturated rings. The smallest absolute Gasteiger partial charge is 0.246 e. The van der Waals surface area contributed by atoms with Crippen LogP contribution in [0.15, 0.2) is 30.3 Å². The van der Waals surface area contributed by atoms with Crippen LogP contribution in [0.5, 0.6) is 0 Å². The van der Waals surface area contributed by atoms with Gasteiger partial charge in [-0.2, -0.15) is 0 Å². The first-order valence-electron chi connectivity index (χ1n) is 7.35. The number of likely N-dealkylation sites (N-methyl/N-ethyl adjacent to an activating group) is 1. The molecule has 1 saturated carbocycles. The third kappa shape index (κ3) is 2.42. The number of piperazine rings is 1. The molecule has 1 aromatic rings. The number of nitrogens with zero attached hydrogens (tertiary/aromatic N) is 1. The second kappa shape index (κ2) is 5.27. The summed E-state index contributed by atoms with van der Waals surface area (Å²) in [5.74, 6) is 0.445. The number of amides is 2. The third-order valence-corrected chi connectivity index (χ3v) is 4.23. The van der Waals surface area contributed by atoms with Gasteiger partial charge in [-0.05, 0) is 31.2 Å². The summed E-state index contributed by atoms with van der Waals surface area (Å²) in [4.78, 5) is 26.6. The van der Waals surface area contributed by atoms with Crippen LogP contribution in [0.4, 0.5) is 0 Å². The zero-order valence-corrected chi connectivity index (χ0v) is 11.7. The van der Waals surface area contributed by atoms with Gasteiger partial charge in [0.25, 0.3) is 0 Å². The number of nitrogens with one attached hydrogen (secondary N) is 1. The molecule has 0 spiro atoms. The van der Waals surface area contributed by atoms with Crippen LogP contribution in [0.3, 0.4) is 0 Å². The van der Waals surface area contributed by atoms with Gasteiger partial charge in [0, 0.05) is 13.0 Å². The summed E-state index contributed by atoms with van der Waals surface area (Å²) in [6.45, 7) is 2.53. The van der Waals surface area contributed by atoms with Gasteiger partial charge in [-0.3, -0.25) is 9.59 Å². The minimum absolute atomic E-state index is 0.00722. The van der Waals surface area contributed by atoms with Crippen molar-refractivity contribution < 1.29 is 9.59 Å². The predicted octanol–water partition coefficient (Wildman–Crippen LogP) is 1.35. The van der Waals surface area contributed by atoms with E-state index in [1.165, 1.54) is 0 Å². The van der Waals surface area contributed by atoms with E-state index in [2.05, 4.69) is 5.32 Å². The molecule has 1 saturated heterocycles. The summed E-state index contributed by atoms with van der Waals surface area (Å²) in [6, 6.07) is 9.22. The minimum Gasteiger partial charge on any atom is -0.342 e. The fourth-order valence-corrected chi connectivity index (χ4v) is 2.95. The van der Waals surface area contributed by atoms with Crippen LogP contribution in [0.1, 0.15) is 25.3 Å². The second-order valence-electron chi connectivity index (χ2n) is 5.65. The molecule has 2 atom stereocenters. The summed E-state index contributed by atoms with van der Waals surface area (Å²) >= 11 is 0. The standard InChI is InChI=1S/C16H20N2O2/c1-2-18-13(10-11-6-4-3-5-7-11)15(19)17-14(16(18)20)12-8-9-12/h3-7,12-14H,2,8-10H2,1H3,(H,17,19). The number of hydrogen-bond acceptors (Lipinski definition) is 2. The SMILES string of the molecule is CCN1C(=O)C(C2CC2)NC(=O)C1Cc1ccccc1. The summed E-state index contributed by atoms with van der Waals surface area (Å²) in [6.07, 6.45) is 2.69. The van der Waals surface area contributed by atoms with Crippen LogP contribution in [-0.4, -0.2) is 35.3 Å². The van der Waals surface area contributed by atoms with E-state index in [9.17, 15) is 9.59 Å². The molecule has 4 heteroatoms. The lowest BCUT2D eigenvalue weighted by molar-refractivity contribution is -0.149. The predicted molar refractivity (Wildman–Crippen MR) is 76.0 cm³/mol. The highest BCUT2D eigenvalue weighted by molar-refractivity contribution is 5.97. The van der Waals surface area contributed by atoms with Crippen molar-refractivity contribution in [3.63, 3.8) is 0 Å². The molecule has 1 N–H and O–H groups in total. The van der Waals surface area contributed by atoms with E-state index >= 15 is 0 Å². The normalized spacial score (nSPS) is 26.6. The van der Waals surface area contributed by atoms with Gasteiger partial charge in [0.2, 0.25) is 11.8 Å². The summed E-state index contributed by atoms with van der Waals surface area (Å²) < 4.78 is 0. The number of benzene rings is 1. The van der Waals surface area contributed by atoms with Gasteiger partial charge in [0.05, 0.1) is 0 Å². The molecule has 1 aliphatic heterocycles. The lowest BCUT2D eigenvalue weighted by Crippen LogP contribution is -2.64. The van der Waals surface area contributed by atoms with Gasteiger partial charge in [0.1, 0.15) is 12.1 Å². The van der Waals surface area contributed by atoms with Gasteiger partial charge >= 0.3 is 0 Å². The van der Waals surface area contributed by atoms with Crippen LogP contribution >= 0.6 is 0 Å². The van der Waals surface area contributed by atoms with Crippen LogP contribution in [0.2, 0.25) is 0 Å². The van der Waals surface area contributed by atoms with E-state index in [0.717, 1.165) is 18.4 Å². The fourth-order valence-electron chi connectivity index (χ4n) is 2.95. The molecule has 1 aromatic carbocycles. The molecular formula is C16H20N2O2. The van der Waals surface area contributed by atoms with Crippen molar-refractivity contribution in [2.24, 2.45) is 5.92 Å². The first-order chi connectivity index (χ1) is 9.70. The van der Waals surface area contributed by atoms with Crippen molar-refractivity contribution in [1.82, 2.24) is 10.2 Å². The zero-order valence-electron chi connectivity index (χ0n) is 11.7. The second-order valence-corrected chi connectivity index (χ2v) is 5.65.